The summed E-state index contributed by atoms with van der Waals surface area (Å²) in [6.45, 7) is 13.3. The van der Waals surface area contributed by atoms with E-state index in [4.69, 9.17) is 4.74 Å². The lowest BCUT2D eigenvalue weighted by Crippen LogP contribution is -2.45. The first-order valence-corrected chi connectivity index (χ1v) is 8.42. The summed E-state index contributed by atoms with van der Waals surface area (Å²) in [4.78, 5) is 11.7. The number of hydrogen-bond acceptors (Lipinski definition) is 3. The van der Waals surface area contributed by atoms with E-state index in [0.29, 0.717) is 6.04 Å². The SMILES string of the molecule is CC(CCNC1C(C)CCCC1C)NC(=O)OC(C)(C)C. The molecule has 0 aromatic rings. The molecule has 4 nitrogen and oxygen atoms in total. The van der Waals surface area contributed by atoms with Crippen LogP contribution in [-0.2, 0) is 4.74 Å². The van der Waals surface area contributed by atoms with Crippen LogP contribution in [0.4, 0.5) is 4.79 Å². The second kappa shape index (κ2) is 8.02. The minimum absolute atomic E-state index is 0.126. The van der Waals surface area contributed by atoms with Gasteiger partial charge in [0.25, 0.3) is 0 Å². The maximum Gasteiger partial charge on any atom is 0.407 e. The Kier molecular flexibility index (Phi) is 6.98. The third-order valence-corrected chi connectivity index (χ3v) is 4.27. The Morgan fingerprint density at radius 1 is 1.24 bits per heavy atom. The zero-order valence-corrected chi connectivity index (χ0v) is 14.7. The molecule has 1 aliphatic rings. The van der Waals surface area contributed by atoms with Crippen molar-refractivity contribution in [1.29, 1.82) is 0 Å². The molecule has 0 aromatic carbocycles. The van der Waals surface area contributed by atoms with Gasteiger partial charge in [0.1, 0.15) is 5.60 Å². The first-order chi connectivity index (χ1) is 9.69. The van der Waals surface area contributed by atoms with E-state index >= 15 is 0 Å². The van der Waals surface area contributed by atoms with E-state index in [1.165, 1.54) is 19.3 Å². The summed E-state index contributed by atoms with van der Waals surface area (Å²) in [5.41, 5.74) is -0.436. The Labute approximate surface area is 130 Å². The highest BCUT2D eigenvalue weighted by molar-refractivity contribution is 5.67. The van der Waals surface area contributed by atoms with Gasteiger partial charge in [-0.05, 0) is 65.3 Å². The molecule has 1 aliphatic carbocycles. The van der Waals surface area contributed by atoms with Crippen LogP contribution in [0.1, 0.15) is 67.2 Å². The summed E-state index contributed by atoms with van der Waals surface area (Å²) < 4.78 is 5.27. The van der Waals surface area contributed by atoms with E-state index in [0.717, 1.165) is 24.8 Å². The minimum atomic E-state index is -0.436. The standard InChI is InChI=1S/C17H34N2O2/c1-12-8-7-9-13(2)15(12)18-11-10-14(3)19-16(20)21-17(4,5)6/h12-15,18H,7-11H2,1-6H3,(H,19,20). The molecule has 0 aromatic heterocycles. The van der Waals surface area contributed by atoms with Gasteiger partial charge in [-0.2, -0.15) is 0 Å². The molecule has 3 unspecified atom stereocenters. The maximum absolute atomic E-state index is 11.7. The lowest BCUT2D eigenvalue weighted by molar-refractivity contribution is 0.0506. The van der Waals surface area contributed by atoms with Gasteiger partial charge in [-0.25, -0.2) is 4.79 Å². The van der Waals surface area contributed by atoms with E-state index in [1.54, 1.807) is 0 Å². The molecular formula is C17H34N2O2. The Morgan fingerprint density at radius 3 is 2.33 bits per heavy atom. The molecule has 1 fully saturated rings. The van der Waals surface area contributed by atoms with Gasteiger partial charge in [0, 0.05) is 12.1 Å². The number of rotatable bonds is 5. The highest BCUT2D eigenvalue weighted by Gasteiger charge is 2.27. The van der Waals surface area contributed by atoms with E-state index in [2.05, 4.69) is 24.5 Å². The molecule has 3 atom stereocenters. The van der Waals surface area contributed by atoms with Gasteiger partial charge in [0.15, 0.2) is 0 Å². The van der Waals surface area contributed by atoms with Gasteiger partial charge in [0.2, 0.25) is 0 Å². The summed E-state index contributed by atoms with van der Waals surface area (Å²) in [5, 5.41) is 6.58. The quantitative estimate of drug-likeness (QED) is 0.813. The summed E-state index contributed by atoms with van der Waals surface area (Å²) in [5.74, 6) is 1.51. The minimum Gasteiger partial charge on any atom is -0.444 e. The predicted molar refractivity (Wildman–Crippen MR) is 87.4 cm³/mol. The number of amides is 1. The van der Waals surface area contributed by atoms with Crippen LogP contribution >= 0.6 is 0 Å². The van der Waals surface area contributed by atoms with Gasteiger partial charge in [-0.3, -0.25) is 0 Å². The van der Waals surface area contributed by atoms with Crippen molar-refractivity contribution < 1.29 is 9.53 Å². The normalized spacial score (nSPS) is 28.0. The number of carbonyl (C=O) groups is 1. The largest absolute Gasteiger partial charge is 0.444 e. The molecule has 124 valence electrons. The molecule has 0 spiro atoms. The molecule has 1 saturated carbocycles. The number of ether oxygens (including phenoxy) is 1. The maximum atomic E-state index is 11.7. The first-order valence-electron chi connectivity index (χ1n) is 8.42. The van der Waals surface area contributed by atoms with Crippen molar-refractivity contribution in [3.63, 3.8) is 0 Å². The Balaban J connectivity index is 2.23. The summed E-state index contributed by atoms with van der Waals surface area (Å²) in [6, 6.07) is 0.744. The van der Waals surface area contributed by atoms with Crippen LogP contribution in [0.25, 0.3) is 0 Å². The fraction of sp³-hybridized carbons (Fsp3) is 0.941. The average Bonchev–Trinajstić information content (AvgIpc) is 2.30. The molecule has 2 N–H and O–H groups in total. The van der Waals surface area contributed by atoms with Gasteiger partial charge < -0.3 is 15.4 Å². The molecular weight excluding hydrogens is 264 g/mol. The molecule has 21 heavy (non-hydrogen) atoms. The summed E-state index contributed by atoms with van der Waals surface area (Å²) >= 11 is 0. The molecule has 1 rings (SSSR count). The third kappa shape index (κ3) is 7.16. The van der Waals surface area contributed by atoms with Crippen molar-refractivity contribution in [2.45, 2.75) is 84.9 Å². The predicted octanol–water partition coefficient (Wildman–Crippen LogP) is 3.70. The lowest BCUT2D eigenvalue weighted by Gasteiger charge is -2.35. The molecule has 4 heteroatoms. The van der Waals surface area contributed by atoms with Crippen molar-refractivity contribution in [3.05, 3.63) is 0 Å². The zero-order chi connectivity index (χ0) is 16.0. The number of nitrogens with one attached hydrogen (secondary N) is 2. The van der Waals surface area contributed by atoms with Crippen molar-refractivity contribution in [2.24, 2.45) is 11.8 Å². The second-order valence-corrected chi connectivity index (χ2v) is 7.70. The topological polar surface area (TPSA) is 50.4 Å². The fourth-order valence-electron chi connectivity index (χ4n) is 3.13. The number of alkyl carbamates (subject to hydrolysis) is 1. The Bertz CT molecular complexity index is 315. The Morgan fingerprint density at radius 2 is 1.81 bits per heavy atom. The van der Waals surface area contributed by atoms with Crippen molar-refractivity contribution >= 4 is 6.09 Å². The van der Waals surface area contributed by atoms with Gasteiger partial charge >= 0.3 is 6.09 Å². The number of hydrogen-bond donors (Lipinski definition) is 2. The monoisotopic (exact) mass is 298 g/mol. The van der Waals surface area contributed by atoms with Crippen molar-refractivity contribution in [2.75, 3.05) is 6.54 Å². The van der Waals surface area contributed by atoms with Crippen LogP contribution in [0.2, 0.25) is 0 Å². The number of carbonyl (C=O) groups excluding carboxylic acids is 1. The molecule has 1 amide bonds. The average molecular weight is 298 g/mol. The van der Waals surface area contributed by atoms with Crippen molar-refractivity contribution in [1.82, 2.24) is 10.6 Å². The lowest BCUT2D eigenvalue weighted by atomic mass is 9.78. The highest BCUT2D eigenvalue weighted by Crippen LogP contribution is 2.28. The molecule has 0 heterocycles. The van der Waals surface area contributed by atoms with Crippen LogP contribution in [0.15, 0.2) is 0 Å². The first kappa shape index (κ1) is 18.3. The van der Waals surface area contributed by atoms with Gasteiger partial charge in [-0.1, -0.05) is 20.3 Å². The second-order valence-electron chi connectivity index (χ2n) is 7.70. The highest BCUT2D eigenvalue weighted by atomic mass is 16.6. The van der Waals surface area contributed by atoms with E-state index in [9.17, 15) is 4.79 Å². The van der Waals surface area contributed by atoms with Crippen LogP contribution < -0.4 is 10.6 Å². The van der Waals surface area contributed by atoms with Crippen LogP contribution in [-0.4, -0.2) is 30.3 Å². The van der Waals surface area contributed by atoms with Crippen LogP contribution in [0, 0.1) is 11.8 Å². The smallest absolute Gasteiger partial charge is 0.407 e. The van der Waals surface area contributed by atoms with Gasteiger partial charge in [0.05, 0.1) is 0 Å². The third-order valence-electron chi connectivity index (χ3n) is 4.27. The molecule has 0 aliphatic heterocycles. The van der Waals surface area contributed by atoms with Gasteiger partial charge in [-0.15, -0.1) is 0 Å². The Hall–Kier alpha value is -0.770. The molecule has 0 bridgehead atoms. The van der Waals surface area contributed by atoms with Crippen molar-refractivity contribution in [3.8, 4) is 0 Å². The molecule has 0 saturated heterocycles. The molecule has 0 radical (unpaired) electrons. The van der Waals surface area contributed by atoms with E-state index < -0.39 is 5.60 Å². The zero-order valence-electron chi connectivity index (χ0n) is 14.7. The summed E-state index contributed by atoms with van der Waals surface area (Å²) in [6.07, 6.45) is 4.61. The summed E-state index contributed by atoms with van der Waals surface area (Å²) in [7, 11) is 0. The van der Waals surface area contributed by atoms with E-state index in [-0.39, 0.29) is 12.1 Å². The van der Waals surface area contributed by atoms with E-state index in [1.807, 2.05) is 27.7 Å². The van der Waals surface area contributed by atoms with Crippen LogP contribution in [0.5, 0.6) is 0 Å². The fourth-order valence-corrected chi connectivity index (χ4v) is 3.13. The van der Waals surface area contributed by atoms with Crippen LogP contribution in [0.3, 0.4) is 0 Å².